The molecular weight excluding hydrogens is 206 g/mol. The zero-order valence-corrected chi connectivity index (χ0v) is 10.3. The summed E-state index contributed by atoms with van der Waals surface area (Å²) < 4.78 is 2.30. The van der Waals surface area contributed by atoms with Crippen LogP contribution in [0, 0.1) is 0 Å². The first-order chi connectivity index (χ1) is 7.31. The summed E-state index contributed by atoms with van der Waals surface area (Å²) in [6, 6.07) is 0.529. The number of imidazole rings is 1. The van der Waals surface area contributed by atoms with Crippen molar-refractivity contribution in [2.75, 3.05) is 12.8 Å². The van der Waals surface area contributed by atoms with Crippen molar-refractivity contribution in [2.24, 2.45) is 0 Å². The van der Waals surface area contributed by atoms with Crippen molar-refractivity contribution in [1.82, 2.24) is 14.9 Å². The second-order valence-corrected chi connectivity index (χ2v) is 5.44. The van der Waals surface area contributed by atoms with Crippen LogP contribution in [0.25, 0.3) is 0 Å². The lowest BCUT2D eigenvalue weighted by molar-refractivity contribution is 0.562. The van der Waals surface area contributed by atoms with Crippen LogP contribution in [-0.2, 0) is 6.54 Å². The first-order valence-corrected chi connectivity index (χ1v) is 6.86. The van der Waals surface area contributed by atoms with E-state index < -0.39 is 0 Å². The Hall–Kier alpha value is -0.480. The summed E-state index contributed by atoms with van der Waals surface area (Å²) >= 11 is 1.91. The molecule has 2 atom stereocenters. The molecular formula is C11H19N3S. The number of aromatic nitrogens is 2. The topological polar surface area (TPSA) is 29.9 Å². The van der Waals surface area contributed by atoms with Crippen molar-refractivity contribution < 1.29 is 0 Å². The zero-order valence-electron chi connectivity index (χ0n) is 9.44. The van der Waals surface area contributed by atoms with Gasteiger partial charge in [-0.3, -0.25) is 0 Å². The lowest BCUT2D eigenvalue weighted by Crippen LogP contribution is -2.19. The Kier molecular flexibility index (Phi) is 3.70. The number of nitrogens with zero attached hydrogens (tertiary/aromatic N) is 2. The van der Waals surface area contributed by atoms with Crippen LogP contribution in [0.15, 0.2) is 12.5 Å². The van der Waals surface area contributed by atoms with E-state index in [0.717, 1.165) is 13.1 Å². The average Bonchev–Trinajstić information content (AvgIpc) is 2.86. The van der Waals surface area contributed by atoms with E-state index in [2.05, 4.69) is 28.0 Å². The van der Waals surface area contributed by atoms with Gasteiger partial charge in [0.1, 0.15) is 0 Å². The van der Waals surface area contributed by atoms with Gasteiger partial charge in [0, 0.05) is 24.0 Å². The molecule has 0 spiro atoms. The molecule has 4 heteroatoms. The Morgan fingerprint density at radius 1 is 1.73 bits per heavy atom. The molecule has 1 fully saturated rings. The fourth-order valence-corrected chi connectivity index (χ4v) is 2.37. The molecule has 1 aliphatic rings. The predicted molar refractivity (Wildman–Crippen MR) is 65.2 cm³/mol. The molecule has 1 aliphatic heterocycles. The minimum absolute atomic E-state index is 0.529. The van der Waals surface area contributed by atoms with Crippen molar-refractivity contribution in [1.29, 1.82) is 0 Å². The van der Waals surface area contributed by atoms with Crippen molar-refractivity contribution in [2.45, 2.75) is 37.6 Å². The van der Waals surface area contributed by atoms with Gasteiger partial charge in [0.05, 0.1) is 12.0 Å². The molecule has 1 aromatic heterocycles. The average molecular weight is 225 g/mol. The van der Waals surface area contributed by atoms with E-state index in [-0.39, 0.29) is 0 Å². The normalized spacial score (nSPS) is 23.2. The van der Waals surface area contributed by atoms with E-state index in [4.69, 9.17) is 0 Å². The SMILES string of the molecule is CSC(C)Cn1cncc1C1CCCN1. The molecule has 0 saturated carbocycles. The Balaban J connectivity index is 2.07. The Morgan fingerprint density at radius 3 is 3.27 bits per heavy atom. The fourth-order valence-electron chi connectivity index (χ4n) is 2.06. The maximum absolute atomic E-state index is 4.27. The number of nitrogens with one attached hydrogen (secondary N) is 1. The molecule has 0 bridgehead atoms. The maximum Gasteiger partial charge on any atom is 0.0949 e. The molecule has 1 N–H and O–H groups in total. The van der Waals surface area contributed by atoms with Gasteiger partial charge >= 0.3 is 0 Å². The minimum Gasteiger partial charge on any atom is -0.332 e. The van der Waals surface area contributed by atoms with Crippen molar-refractivity contribution in [3.8, 4) is 0 Å². The number of hydrogen-bond donors (Lipinski definition) is 1. The van der Waals surface area contributed by atoms with Crippen LogP contribution in [0.4, 0.5) is 0 Å². The summed E-state index contributed by atoms with van der Waals surface area (Å²) in [5.41, 5.74) is 1.36. The predicted octanol–water partition coefficient (Wildman–Crippen LogP) is 2.06. The summed E-state index contributed by atoms with van der Waals surface area (Å²) in [5, 5.41) is 4.18. The van der Waals surface area contributed by atoms with Crippen LogP contribution in [0.3, 0.4) is 0 Å². The van der Waals surface area contributed by atoms with Gasteiger partial charge in [-0.25, -0.2) is 4.98 Å². The molecule has 1 aromatic rings. The van der Waals surface area contributed by atoms with Crippen molar-refractivity contribution in [3.05, 3.63) is 18.2 Å². The highest BCUT2D eigenvalue weighted by Gasteiger charge is 2.20. The minimum atomic E-state index is 0.529. The first-order valence-electron chi connectivity index (χ1n) is 5.57. The smallest absolute Gasteiger partial charge is 0.0949 e. The molecule has 0 aromatic carbocycles. The van der Waals surface area contributed by atoms with Gasteiger partial charge in [-0.1, -0.05) is 6.92 Å². The third kappa shape index (κ3) is 2.55. The van der Waals surface area contributed by atoms with Gasteiger partial charge in [0.2, 0.25) is 0 Å². The van der Waals surface area contributed by atoms with Gasteiger partial charge in [-0.2, -0.15) is 11.8 Å². The van der Waals surface area contributed by atoms with Crippen molar-refractivity contribution >= 4 is 11.8 Å². The van der Waals surface area contributed by atoms with Gasteiger partial charge in [-0.05, 0) is 25.6 Å². The highest BCUT2D eigenvalue weighted by atomic mass is 32.2. The van der Waals surface area contributed by atoms with Gasteiger partial charge in [0.15, 0.2) is 0 Å². The Bertz CT molecular complexity index is 305. The lowest BCUT2D eigenvalue weighted by atomic mass is 10.2. The van der Waals surface area contributed by atoms with Gasteiger partial charge in [0.25, 0.3) is 0 Å². The van der Waals surface area contributed by atoms with E-state index in [1.165, 1.54) is 18.5 Å². The van der Waals surface area contributed by atoms with E-state index in [1.54, 1.807) is 0 Å². The quantitative estimate of drug-likeness (QED) is 0.850. The second kappa shape index (κ2) is 5.03. The van der Waals surface area contributed by atoms with Crippen LogP contribution < -0.4 is 5.32 Å². The third-order valence-corrected chi connectivity index (χ3v) is 3.97. The van der Waals surface area contributed by atoms with E-state index >= 15 is 0 Å². The van der Waals surface area contributed by atoms with Gasteiger partial charge < -0.3 is 9.88 Å². The van der Waals surface area contributed by atoms with Crippen LogP contribution >= 0.6 is 11.8 Å². The van der Waals surface area contributed by atoms with E-state index in [9.17, 15) is 0 Å². The highest BCUT2D eigenvalue weighted by molar-refractivity contribution is 7.99. The molecule has 2 heterocycles. The molecule has 15 heavy (non-hydrogen) atoms. The fraction of sp³-hybridized carbons (Fsp3) is 0.727. The summed E-state index contributed by atoms with van der Waals surface area (Å²) in [5.74, 6) is 0. The van der Waals surface area contributed by atoms with Crippen LogP contribution in [-0.4, -0.2) is 27.6 Å². The monoisotopic (exact) mass is 225 g/mol. The van der Waals surface area contributed by atoms with Gasteiger partial charge in [-0.15, -0.1) is 0 Å². The maximum atomic E-state index is 4.27. The van der Waals surface area contributed by atoms with Crippen LogP contribution in [0.1, 0.15) is 31.5 Å². The summed E-state index contributed by atoms with van der Waals surface area (Å²) in [7, 11) is 0. The number of hydrogen-bond acceptors (Lipinski definition) is 3. The van der Waals surface area contributed by atoms with Crippen LogP contribution in [0.5, 0.6) is 0 Å². The van der Waals surface area contributed by atoms with Crippen LogP contribution in [0.2, 0.25) is 0 Å². The molecule has 2 unspecified atom stereocenters. The highest BCUT2D eigenvalue weighted by Crippen LogP contribution is 2.23. The summed E-state index contributed by atoms with van der Waals surface area (Å²) in [6.45, 7) is 4.47. The Morgan fingerprint density at radius 2 is 2.60 bits per heavy atom. The third-order valence-electron chi connectivity index (χ3n) is 3.02. The number of rotatable bonds is 4. The lowest BCUT2D eigenvalue weighted by Gasteiger charge is -2.16. The largest absolute Gasteiger partial charge is 0.332 e. The zero-order chi connectivity index (χ0) is 10.7. The molecule has 3 nitrogen and oxygen atoms in total. The first kappa shape index (κ1) is 11.0. The summed E-state index contributed by atoms with van der Waals surface area (Å²) in [6.07, 6.45) is 8.67. The Labute approximate surface area is 95.7 Å². The standard InChI is InChI=1S/C11H19N3S/c1-9(15-2)7-14-8-12-6-11(14)10-4-3-5-13-10/h6,8-10,13H,3-5,7H2,1-2H3. The van der Waals surface area contributed by atoms with E-state index in [1.807, 2.05) is 24.3 Å². The second-order valence-electron chi connectivity index (χ2n) is 4.17. The summed E-state index contributed by atoms with van der Waals surface area (Å²) in [4.78, 5) is 4.27. The van der Waals surface area contributed by atoms with E-state index in [0.29, 0.717) is 11.3 Å². The molecule has 0 radical (unpaired) electrons. The molecule has 0 aliphatic carbocycles. The molecule has 2 rings (SSSR count). The molecule has 84 valence electrons. The molecule has 1 saturated heterocycles. The molecule has 0 amide bonds. The number of thioether (sulfide) groups is 1. The van der Waals surface area contributed by atoms with Crippen molar-refractivity contribution in [3.63, 3.8) is 0 Å².